The predicted octanol–water partition coefficient (Wildman–Crippen LogP) is 1.05. The number of benzene rings is 1. The van der Waals surface area contributed by atoms with Crippen LogP contribution in [0.2, 0.25) is 0 Å². The van der Waals surface area contributed by atoms with Gasteiger partial charge in [0.05, 0.1) is 13.2 Å². The number of nitrogens with one attached hydrogen (secondary N) is 1. The number of rotatable bonds is 5. The highest BCUT2D eigenvalue weighted by atomic mass is 16.5. The Morgan fingerprint density at radius 2 is 2.24 bits per heavy atom. The molecule has 0 bridgehead atoms. The summed E-state index contributed by atoms with van der Waals surface area (Å²) < 4.78 is 10.9. The van der Waals surface area contributed by atoms with E-state index >= 15 is 0 Å². The van der Waals surface area contributed by atoms with E-state index in [4.69, 9.17) is 15.3 Å². The monoisotopic (exact) mass is 236 g/mol. The van der Waals surface area contributed by atoms with Gasteiger partial charge in [-0.25, -0.2) is 0 Å². The molecule has 2 atom stereocenters. The largest absolute Gasteiger partial charge is 0.494 e. The average Bonchev–Trinajstić information content (AvgIpc) is 2.79. The smallest absolute Gasteiger partial charge is 0.226 e. The van der Waals surface area contributed by atoms with Crippen LogP contribution in [0.25, 0.3) is 0 Å². The van der Waals surface area contributed by atoms with Crippen LogP contribution in [-0.4, -0.2) is 25.6 Å². The molecule has 1 aliphatic heterocycles. The minimum absolute atomic E-state index is 0.231. The van der Waals surface area contributed by atoms with Gasteiger partial charge in [0.15, 0.2) is 0 Å². The van der Waals surface area contributed by atoms with Crippen LogP contribution in [0.5, 0.6) is 5.75 Å². The molecular formula is C11H16N4O2. The third-order valence-corrected chi connectivity index (χ3v) is 2.48. The van der Waals surface area contributed by atoms with Crippen molar-refractivity contribution in [2.75, 3.05) is 13.2 Å². The standard InChI is InChI=1S/C11H16N4O2/c12-15-14-11-13-9(8-17-11)6-7-16-10-4-2-1-3-5-10/h1-5,9,11,13H,6-8H2,(H2,12,14)/t9-,11?/m0/s1. The molecule has 1 aromatic rings. The predicted molar refractivity (Wildman–Crippen MR) is 62.3 cm³/mol. The Labute approximate surface area is 99.8 Å². The molecule has 17 heavy (non-hydrogen) atoms. The highest BCUT2D eigenvalue weighted by Gasteiger charge is 2.23. The van der Waals surface area contributed by atoms with Crippen LogP contribution in [0.15, 0.2) is 40.7 Å². The number of hydrogen-bond donors (Lipinski definition) is 2. The molecule has 3 N–H and O–H groups in total. The van der Waals surface area contributed by atoms with Crippen molar-refractivity contribution in [3.05, 3.63) is 30.3 Å². The minimum atomic E-state index is -0.415. The van der Waals surface area contributed by atoms with Crippen LogP contribution in [-0.2, 0) is 4.74 Å². The second kappa shape index (κ2) is 6.17. The van der Waals surface area contributed by atoms with Gasteiger partial charge in [-0.2, -0.15) is 0 Å². The summed E-state index contributed by atoms with van der Waals surface area (Å²) in [4.78, 5) is 0. The molecule has 1 saturated heterocycles. The first kappa shape index (κ1) is 11.8. The maximum atomic E-state index is 5.59. The third kappa shape index (κ3) is 3.69. The Morgan fingerprint density at radius 3 is 3.00 bits per heavy atom. The first-order valence-electron chi connectivity index (χ1n) is 5.54. The number of ether oxygens (including phenoxy) is 2. The molecule has 92 valence electrons. The van der Waals surface area contributed by atoms with E-state index in [0.29, 0.717) is 13.2 Å². The van der Waals surface area contributed by atoms with Crippen LogP contribution in [0.4, 0.5) is 0 Å². The van der Waals surface area contributed by atoms with Crippen molar-refractivity contribution in [2.45, 2.75) is 18.8 Å². The maximum Gasteiger partial charge on any atom is 0.226 e. The zero-order valence-electron chi connectivity index (χ0n) is 9.45. The summed E-state index contributed by atoms with van der Waals surface area (Å²) in [6, 6.07) is 9.96. The summed E-state index contributed by atoms with van der Waals surface area (Å²) >= 11 is 0. The van der Waals surface area contributed by atoms with Gasteiger partial charge in [-0.3, -0.25) is 5.32 Å². The first-order chi connectivity index (χ1) is 8.38. The topological polar surface area (TPSA) is 81.2 Å². The molecule has 0 spiro atoms. The van der Waals surface area contributed by atoms with Crippen molar-refractivity contribution in [2.24, 2.45) is 16.2 Å². The molecule has 1 aliphatic rings. The molecule has 0 amide bonds. The van der Waals surface area contributed by atoms with Gasteiger partial charge < -0.3 is 15.3 Å². The van der Waals surface area contributed by atoms with Crippen molar-refractivity contribution in [3.63, 3.8) is 0 Å². The molecule has 1 fully saturated rings. The number of para-hydroxylation sites is 1. The molecule has 2 rings (SSSR count). The van der Waals surface area contributed by atoms with Gasteiger partial charge in [-0.1, -0.05) is 23.4 Å². The zero-order valence-corrected chi connectivity index (χ0v) is 9.45. The Balaban J connectivity index is 1.67. The van der Waals surface area contributed by atoms with Gasteiger partial charge in [-0.15, -0.1) is 5.11 Å². The lowest BCUT2D eigenvalue weighted by atomic mass is 10.2. The molecule has 6 nitrogen and oxygen atoms in total. The van der Waals surface area contributed by atoms with Crippen molar-refractivity contribution in [3.8, 4) is 5.75 Å². The summed E-state index contributed by atoms with van der Waals surface area (Å²) in [6.45, 7) is 1.24. The second-order valence-corrected chi connectivity index (χ2v) is 3.73. The Morgan fingerprint density at radius 1 is 1.41 bits per heavy atom. The van der Waals surface area contributed by atoms with Crippen molar-refractivity contribution in [1.82, 2.24) is 5.32 Å². The Kier molecular flexibility index (Phi) is 4.29. The van der Waals surface area contributed by atoms with E-state index in [1.54, 1.807) is 0 Å². The Hall–Kier alpha value is -1.66. The van der Waals surface area contributed by atoms with Gasteiger partial charge in [0.1, 0.15) is 5.75 Å². The molecule has 1 unspecified atom stereocenters. The van der Waals surface area contributed by atoms with Gasteiger partial charge >= 0.3 is 0 Å². The summed E-state index contributed by atoms with van der Waals surface area (Å²) in [7, 11) is 0. The number of hydrogen-bond acceptors (Lipinski definition) is 5. The van der Waals surface area contributed by atoms with E-state index in [2.05, 4.69) is 15.7 Å². The number of nitrogens with zero attached hydrogens (tertiary/aromatic N) is 2. The summed E-state index contributed by atoms with van der Waals surface area (Å²) in [6.07, 6.45) is 0.438. The van der Waals surface area contributed by atoms with E-state index in [1.807, 2.05) is 30.3 Å². The summed E-state index contributed by atoms with van der Waals surface area (Å²) in [5, 5.41) is 9.99. The third-order valence-electron chi connectivity index (χ3n) is 2.48. The fourth-order valence-electron chi connectivity index (χ4n) is 1.63. The van der Waals surface area contributed by atoms with E-state index in [0.717, 1.165) is 12.2 Å². The van der Waals surface area contributed by atoms with Crippen molar-refractivity contribution < 1.29 is 9.47 Å². The molecule has 0 aliphatic carbocycles. The van der Waals surface area contributed by atoms with Crippen LogP contribution in [0.3, 0.4) is 0 Å². The molecule has 1 heterocycles. The minimum Gasteiger partial charge on any atom is -0.494 e. The van der Waals surface area contributed by atoms with Gasteiger partial charge in [0, 0.05) is 6.04 Å². The zero-order chi connectivity index (χ0) is 11.9. The highest BCUT2D eigenvalue weighted by molar-refractivity contribution is 5.20. The van der Waals surface area contributed by atoms with E-state index < -0.39 is 6.35 Å². The van der Waals surface area contributed by atoms with Crippen molar-refractivity contribution in [1.29, 1.82) is 0 Å². The fourth-order valence-corrected chi connectivity index (χ4v) is 1.63. The van der Waals surface area contributed by atoms with Crippen LogP contribution >= 0.6 is 0 Å². The SMILES string of the molecule is NN=NC1N[C@@H](CCOc2ccccc2)CO1. The van der Waals surface area contributed by atoms with Gasteiger partial charge in [0.25, 0.3) is 0 Å². The lowest BCUT2D eigenvalue weighted by Crippen LogP contribution is -2.30. The quantitative estimate of drug-likeness (QED) is 0.455. The molecule has 6 heteroatoms. The second-order valence-electron chi connectivity index (χ2n) is 3.73. The number of nitrogens with two attached hydrogens (primary N) is 1. The van der Waals surface area contributed by atoms with Crippen LogP contribution in [0, 0.1) is 0 Å². The van der Waals surface area contributed by atoms with Crippen LogP contribution < -0.4 is 15.9 Å². The summed E-state index contributed by atoms with van der Waals surface area (Å²) in [5.74, 6) is 5.82. The van der Waals surface area contributed by atoms with Crippen LogP contribution in [0.1, 0.15) is 6.42 Å². The molecular weight excluding hydrogens is 220 g/mol. The van der Waals surface area contributed by atoms with E-state index in [9.17, 15) is 0 Å². The van der Waals surface area contributed by atoms with Crippen molar-refractivity contribution >= 4 is 0 Å². The maximum absolute atomic E-state index is 5.59. The Bertz CT molecular complexity index is 358. The molecule has 0 radical (unpaired) electrons. The molecule has 0 saturated carbocycles. The first-order valence-corrected chi connectivity index (χ1v) is 5.54. The highest BCUT2D eigenvalue weighted by Crippen LogP contribution is 2.11. The van der Waals surface area contributed by atoms with Gasteiger partial charge in [-0.05, 0) is 18.6 Å². The average molecular weight is 236 g/mol. The normalized spacial score (nSPS) is 24.2. The van der Waals surface area contributed by atoms with E-state index in [-0.39, 0.29) is 6.04 Å². The lowest BCUT2D eigenvalue weighted by Gasteiger charge is -2.10. The summed E-state index contributed by atoms with van der Waals surface area (Å²) in [5.41, 5.74) is 0. The molecule has 1 aromatic carbocycles. The molecule has 0 aromatic heterocycles. The van der Waals surface area contributed by atoms with E-state index in [1.165, 1.54) is 0 Å². The fraction of sp³-hybridized carbons (Fsp3) is 0.455. The lowest BCUT2D eigenvalue weighted by molar-refractivity contribution is 0.100. The van der Waals surface area contributed by atoms with Gasteiger partial charge in [0.2, 0.25) is 6.35 Å².